The van der Waals surface area contributed by atoms with Crippen LogP contribution in [-0.4, -0.2) is 56.1 Å². The summed E-state index contributed by atoms with van der Waals surface area (Å²) in [6.07, 6.45) is 1.87. The molecule has 6 nitrogen and oxygen atoms in total. The van der Waals surface area contributed by atoms with Crippen molar-refractivity contribution in [1.29, 1.82) is 0 Å². The van der Waals surface area contributed by atoms with Crippen molar-refractivity contribution in [3.63, 3.8) is 0 Å². The number of nitrogens with one attached hydrogen (secondary N) is 1. The quantitative estimate of drug-likeness (QED) is 0.466. The Balaban J connectivity index is 1.39. The molecule has 2 aliphatic heterocycles. The highest BCUT2D eigenvalue weighted by Gasteiger charge is 2.30. The normalized spacial score (nSPS) is 17.1. The van der Waals surface area contributed by atoms with Crippen LogP contribution in [0.5, 0.6) is 0 Å². The molecule has 0 spiro atoms. The molecule has 190 valence electrons. The van der Waals surface area contributed by atoms with E-state index in [1.165, 1.54) is 23.9 Å². The van der Waals surface area contributed by atoms with Crippen molar-refractivity contribution in [3.05, 3.63) is 100 Å². The van der Waals surface area contributed by atoms with Gasteiger partial charge in [-0.15, -0.1) is 0 Å². The molecule has 1 N–H and O–H groups in total. The number of thioether (sulfide) groups is 1. The van der Waals surface area contributed by atoms with Crippen LogP contribution in [0.3, 0.4) is 0 Å². The van der Waals surface area contributed by atoms with E-state index in [9.17, 15) is 14.0 Å². The molecule has 0 radical (unpaired) electrons. The third kappa shape index (κ3) is 6.28. The SMILES string of the molecule is O=C(NCCN1CCOCC1)c1ccc2c(c1)N(Cc1ccc(F)cc1)C(=O)C(=Cc1ccccc1)S2. The van der Waals surface area contributed by atoms with E-state index in [-0.39, 0.29) is 24.2 Å². The maximum atomic E-state index is 13.6. The zero-order valence-electron chi connectivity index (χ0n) is 20.4. The Morgan fingerprint density at radius 1 is 1.03 bits per heavy atom. The van der Waals surface area contributed by atoms with Gasteiger partial charge in [-0.3, -0.25) is 14.5 Å². The van der Waals surface area contributed by atoms with Gasteiger partial charge in [0.15, 0.2) is 0 Å². The number of benzene rings is 3. The fourth-order valence-corrected chi connectivity index (χ4v) is 5.38. The smallest absolute Gasteiger partial charge is 0.265 e. The predicted molar refractivity (Wildman–Crippen MR) is 144 cm³/mol. The van der Waals surface area contributed by atoms with Crippen molar-refractivity contribution < 1.29 is 18.7 Å². The second kappa shape index (κ2) is 11.7. The van der Waals surface area contributed by atoms with Crippen LogP contribution in [-0.2, 0) is 16.1 Å². The number of morpholine rings is 1. The van der Waals surface area contributed by atoms with Crippen molar-refractivity contribution in [2.45, 2.75) is 11.4 Å². The molecule has 3 aromatic rings. The lowest BCUT2D eigenvalue weighted by atomic mass is 10.1. The van der Waals surface area contributed by atoms with E-state index in [1.54, 1.807) is 29.2 Å². The molecule has 0 bridgehead atoms. The van der Waals surface area contributed by atoms with E-state index in [1.807, 2.05) is 42.5 Å². The van der Waals surface area contributed by atoms with Crippen molar-refractivity contribution >= 4 is 35.3 Å². The van der Waals surface area contributed by atoms with E-state index in [2.05, 4.69) is 10.2 Å². The van der Waals surface area contributed by atoms with Gasteiger partial charge >= 0.3 is 0 Å². The minimum atomic E-state index is -0.328. The Morgan fingerprint density at radius 3 is 2.54 bits per heavy atom. The molecule has 0 saturated carbocycles. The lowest BCUT2D eigenvalue weighted by molar-refractivity contribution is -0.114. The Morgan fingerprint density at radius 2 is 1.78 bits per heavy atom. The average Bonchev–Trinajstić information content (AvgIpc) is 2.93. The van der Waals surface area contributed by atoms with Crippen LogP contribution in [0.15, 0.2) is 82.6 Å². The summed E-state index contributed by atoms with van der Waals surface area (Å²) in [5.74, 6) is -0.665. The fourth-order valence-electron chi connectivity index (χ4n) is 4.34. The number of rotatable bonds is 7. The van der Waals surface area contributed by atoms with E-state index in [0.717, 1.165) is 48.9 Å². The Hall–Kier alpha value is -3.46. The molecule has 37 heavy (non-hydrogen) atoms. The molecule has 2 amide bonds. The van der Waals surface area contributed by atoms with Gasteiger partial charge in [0, 0.05) is 36.6 Å². The number of carbonyl (C=O) groups excluding carboxylic acids is 2. The summed E-state index contributed by atoms with van der Waals surface area (Å²) in [6.45, 7) is 4.73. The largest absolute Gasteiger partial charge is 0.379 e. The zero-order chi connectivity index (χ0) is 25.6. The van der Waals surface area contributed by atoms with Gasteiger partial charge in [0.1, 0.15) is 5.82 Å². The number of nitrogens with zero attached hydrogens (tertiary/aromatic N) is 2. The van der Waals surface area contributed by atoms with Crippen molar-refractivity contribution in [2.24, 2.45) is 0 Å². The molecular formula is C29H28FN3O3S. The van der Waals surface area contributed by atoms with E-state index >= 15 is 0 Å². The first-order valence-electron chi connectivity index (χ1n) is 12.3. The van der Waals surface area contributed by atoms with Crippen LogP contribution in [0.25, 0.3) is 6.08 Å². The molecule has 0 aromatic heterocycles. The molecular weight excluding hydrogens is 489 g/mol. The van der Waals surface area contributed by atoms with Crippen LogP contribution in [0.2, 0.25) is 0 Å². The third-order valence-electron chi connectivity index (χ3n) is 6.36. The van der Waals surface area contributed by atoms with E-state index < -0.39 is 0 Å². The van der Waals surface area contributed by atoms with Crippen LogP contribution >= 0.6 is 11.8 Å². The molecule has 1 saturated heterocycles. The summed E-state index contributed by atoms with van der Waals surface area (Å²) in [6, 6.07) is 21.3. The van der Waals surface area contributed by atoms with Crippen molar-refractivity contribution in [3.8, 4) is 0 Å². The second-order valence-electron chi connectivity index (χ2n) is 8.93. The summed E-state index contributed by atoms with van der Waals surface area (Å²) < 4.78 is 18.9. The number of hydrogen-bond donors (Lipinski definition) is 1. The fraction of sp³-hybridized carbons (Fsp3) is 0.241. The van der Waals surface area contributed by atoms with Gasteiger partial charge in [-0.25, -0.2) is 4.39 Å². The number of halogens is 1. The standard InChI is InChI=1S/C29H28FN3O3S/c30-24-9-6-22(7-10-24)20-33-25-19-23(28(34)31-12-13-32-14-16-36-17-15-32)8-11-26(25)37-27(29(33)35)18-21-4-2-1-3-5-21/h1-11,18-19H,12-17,20H2,(H,31,34). The summed E-state index contributed by atoms with van der Waals surface area (Å²) >= 11 is 1.39. The van der Waals surface area contributed by atoms with Crippen LogP contribution in [0.4, 0.5) is 10.1 Å². The molecule has 8 heteroatoms. The molecule has 1 fully saturated rings. The Bertz CT molecular complexity index is 1290. The maximum absolute atomic E-state index is 13.6. The lowest BCUT2D eigenvalue weighted by Gasteiger charge is -2.31. The number of carbonyl (C=O) groups is 2. The number of amides is 2. The molecule has 2 heterocycles. The first-order chi connectivity index (χ1) is 18.1. The van der Waals surface area contributed by atoms with Crippen molar-refractivity contribution in [2.75, 3.05) is 44.3 Å². The summed E-state index contributed by atoms with van der Waals surface area (Å²) in [7, 11) is 0. The maximum Gasteiger partial charge on any atom is 0.265 e. The highest BCUT2D eigenvalue weighted by molar-refractivity contribution is 8.04. The topological polar surface area (TPSA) is 61.9 Å². The van der Waals surface area contributed by atoms with Crippen LogP contribution in [0, 0.1) is 5.82 Å². The summed E-state index contributed by atoms with van der Waals surface area (Å²) in [5, 5.41) is 2.99. The number of anilines is 1. The third-order valence-corrected chi connectivity index (χ3v) is 7.43. The van der Waals surface area contributed by atoms with Gasteiger partial charge in [-0.1, -0.05) is 54.2 Å². The summed E-state index contributed by atoms with van der Waals surface area (Å²) in [5.41, 5.74) is 2.89. The molecule has 0 aliphatic carbocycles. The molecule has 3 aromatic carbocycles. The number of ether oxygens (including phenoxy) is 1. The zero-order valence-corrected chi connectivity index (χ0v) is 21.2. The van der Waals surface area contributed by atoms with Gasteiger partial charge in [0.2, 0.25) is 0 Å². The number of fused-ring (bicyclic) bond motifs is 1. The molecule has 2 aliphatic rings. The minimum absolute atomic E-state index is 0.157. The van der Waals surface area contributed by atoms with E-state index in [0.29, 0.717) is 22.7 Å². The lowest BCUT2D eigenvalue weighted by Crippen LogP contribution is -2.41. The monoisotopic (exact) mass is 517 g/mol. The van der Waals surface area contributed by atoms with E-state index in [4.69, 9.17) is 4.74 Å². The van der Waals surface area contributed by atoms with Crippen LogP contribution in [0.1, 0.15) is 21.5 Å². The Labute approximate surface area is 220 Å². The molecule has 0 atom stereocenters. The van der Waals surface area contributed by atoms with Gasteiger partial charge in [-0.05, 0) is 47.5 Å². The first-order valence-corrected chi connectivity index (χ1v) is 13.1. The van der Waals surface area contributed by atoms with Crippen LogP contribution < -0.4 is 10.2 Å². The van der Waals surface area contributed by atoms with Gasteiger partial charge in [0.25, 0.3) is 11.8 Å². The summed E-state index contributed by atoms with van der Waals surface area (Å²) in [4.78, 5) is 32.0. The highest BCUT2D eigenvalue weighted by Crippen LogP contribution is 2.43. The van der Waals surface area contributed by atoms with Gasteiger partial charge in [0.05, 0.1) is 30.4 Å². The Kier molecular flexibility index (Phi) is 7.99. The predicted octanol–water partition coefficient (Wildman–Crippen LogP) is 4.57. The van der Waals surface area contributed by atoms with Gasteiger partial charge < -0.3 is 15.0 Å². The molecule has 0 unspecified atom stereocenters. The average molecular weight is 518 g/mol. The second-order valence-corrected chi connectivity index (χ2v) is 10.0. The number of hydrogen-bond acceptors (Lipinski definition) is 5. The highest BCUT2D eigenvalue weighted by atomic mass is 32.2. The van der Waals surface area contributed by atoms with Crippen molar-refractivity contribution in [1.82, 2.24) is 10.2 Å². The molecule has 5 rings (SSSR count). The van der Waals surface area contributed by atoms with Gasteiger partial charge in [-0.2, -0.15) is 0 Å². The minimum Gasteiger partial charge on any atom is -0.379 e. The first kappa shape index (κ1) is 25.2.